The van der Waals surface area contributed by atoms with Gasteiger partial charge in [-0.05, 0) is 19.8 Å². The summed E-state index contributed by atoms with van der Waals surface area (Å²) < 4.78 is 24.3. The maximum Gasteiger partial charge on any atom is 0.238 e. The zero-order valence-electron chi connectivity index (χ0n) is 11.5. The number of aryl methyl sites for hydroxylation is 1. The zero-order chi connectivity index (χ0) is 14.8. The van der Waals surface area contributed by atoms with Crippen LogP contribution in [0, 0.1) is 6.92 Å². The first kappa shape index (κ1) is 14.9. The van der Waals surface area contributed by atoms with Crippen molar-refractivity contribution in [3.05, 3.63) is 23.8 Å². The number of amides is 1. The van der Waals surface area contributed by atoms with E-state index in [1.807, 2.05) is 6.92 Å². The van der Waals surface area contributed by atoms with Gasteiger partial charge in [-0.3, -0.25) is 14.8 Å². The average Bonchev–Trinajstić information content (AvgIpc) is 2.84. The molecule has 7 nitrogen and oxygen atoms in total. The van der Waals surface area contributed by atoms with Gasteiger partial charge >= 0.3 is 0 Å². The average molecular weight is 298 g/mol. The maximum absolute atomic E-state index is 12.1. The van der Waals surface area contributed by atoms with Crippen molar-refractivity contribution in [3.8, 4) is 0 Å². The molecule has 0 saturated carbocycles. The highest BCUT2D eigenvalue weighted by Crippen LogP contribution is 2.30. The van der Waals surface area contributed by atoms with Crippen LogP contribution in [0.4, 0.5) is 0 Å². The van der Waals surface area contributed by atoms with Crippen LogP contribution in [0.5, 0.6) is 0 Å². The van der Waals surface area contributed by atoms with E-state index in [4.69, 9.17) is 0 Å². The van der Waals surface area contributed by atoms with Crippen molar-refractivity contribution in [1.82, 2.24) is 19.6 Å². The number of carbonyl (C=O) groups excluding carboxylic acids is 1. The van der Waals surface area contributed by atoms with Gasteiger partial charge in [0, 0.05) is 12.7 Å². The molecule has 0 radical (unpaired) electrons. The second kappa shape index (κ2) is 5.84. The third-order valence-corrected chi connectivity index (χ3v) is 3.84. The molecule has 110 valence electrons. The highest BCUT2D eigenvalue weighted by Gasteiger charge is 2.31. The SMILES string of the molecule is Cc1cncc([C@@H]2CCCN2C(=O)CNS(C)(=O)=O)n1. The number of sulfonamides is 1. The number of hydrogen-bond donors (Lipinski definition) is 1. The van der Waals surface area contributed by atoms with E-state index in [9.17, 15) is 13.2 Å². The molecular weight excluding hydrogens is 280 g/mol. The molecular formula is C12H18N4O3S. The Morgan fingerprint density at radius 1 is 1.50 bits per heavy atom. The first-order valence-corrected chi connectivity index (χ1v) is 8.28. The first-order chi connectivity index (χ1) is 9.37. The summed E-state index contributed by atoms with van der Waals surface area (Å²) in [7, 11) is -3.36. The fraction of sp³-hybridized carbons (Fsp3) is 0.583. The Hall–Kier alpha value is -1.54. The molecule has 20 heavy (non-hydrogen) atoms. The van der Waals surface area contributed by atoms with Crippen LogP contribution in [0.3, 0.4) is 0 Å². The van der Waals surface area contributed by atoms with Crippen LogP contribution in [0.1, 0.15) is 30.3 Å². The highest BCUT2D eigenvalue weighted by atomic mass is 32.2. The van der Waals surface area contributed by atoms with Crippen molar-refractivity contribution in [2.24, 2.45) is 0 Å². The van der Waals surface area contributed by atoms with E-state index in [2.05, 4.69) is 14.7 Å². The maximum atomic E-state index is 12.1. The molecule has 0 spiro atoms. The van der Waals surface area contributed by atoms with Gasteiger partial charge in [-0.25, -0.2) is 13.1 Å². The fourth-order valence-corrected chi connectivity index (χ4v) is 2.70. The number of nitrogens with one attached hydrogen (secondary N) is 1. The summed E-state index contributed by atoms with van der Waals surface area (Å²) in [6, 6.07) is -0.115. The van der Waals surface area contributed by atoms with Crippen LogP contribution in [0.2, 0.25) is 0 Å². The lowest BCUT2D eigenvalue weighted by Crippen LogP contribution is -2.39. The lowest BCUT2D eigenvalue weighted by molar-refractivity contribution is -0.130. The molecule has 2 rings (SSSR count). The van der Waals surface area contributed by atoms with Gasteiger partial charge in [-0.15, -0.1) is 0 Å². The molecule has 1 N–H and O–H groups in total. The molecule has 1 saturated heterocycles. The Morgan fingerprint density at radius 3 is 2.90 bits per heavy atom. The minimum absolute atomic E-state index is 0.115. The van der Waals surface area contributed by atoms with Gasteiger partial charge < -0.3 is 4.90 Å². The van der Waals surface area contributed by atoms with Gasteiger partial charge in [-0.2, -0.15) is 0 Å². The molecule has 0 bridgehead atoms. The molecule has 1 atom stereocenters. The van der Waals surface area contributed by atoms with E-state index >= 15 is 0 Å². The lowest BCUT2D eigenvalue weighted by atomic mass is 10.1. The summed E-state index contributed by atoms with van der Waals surface area (Å²) in [5, 5.41) is 0. The molecule has 0 aliphatic carbocycles. The minimum atomic E-state index is -3.36. The molecule has 8 heteroatoms. The number of carbonyl (C=O) groups is 1. The minimum Gasteiger partial charge on any atom is -0.333 e. The number of likely N-dealkylation sites (tertiary alicyclic amines) is 1. The van der Waals surface area contributed by atoms with E-state index in [1.165, 1.54) is 0 Å². The van der Waals surface area contributed by atoms with Crippen molar-refractivity contribution in [3.63, 3.8) is 0 Å². The fourth-order valence-electron chi connectivity index (χ4n) is 2.31. The van der Waals surface area contributed by atoms with Crippen molar-refractivity contribution >= 4 is 15.9 Å². The molecule has 1 aromatic heterocycles. The lowest BCUT2D eigenvalue weighted by Gasteiger charge is -2.24. The van der Waals surface area contributed by atoms with Crippen molar-refractivity contribution in [2.45, 2.75) is 25.8 Å². The summed E-state index contributed by atoms with van der Waals surface area (Å²) in [4.78, 5) is 22.3. The molecule has 0 unspecified atom stereocenters. The molecule has 1 amide bonds. The summed E-state index contributed by atoms with van der Waals surface area (Å²) >= 11 is 0. The number of aromatic nitrogens is 2. The molecule has 1 aromatic rings. The van der Waals surface area contributed by atoms with Gasteiger partial charge in [0.1, 0.15) is 0 Å². The number of hydrogen-bond acceptors (Lipinski definition) is 5. The monoisotopic (exact) mass is 298 g/mol. The first-order valence-electron chi connectivity index (χ1n) is 6.39. The Balaban J connectivity index is 2.09. The third kappa shape index (κ3) is 3.73. The van der Waals surface area contributed by atoms with E-state index in [1.54, 1.807) is 17.3 Å². The number of nitrogens with zero attached hydrogens (tertiary/aromatic N) is 3. The van der Waals surface area contributed by atoms with Gasteiger partial charge in [0.15, 0.2) is 0 Å². The van der Waals surface area contributed by atoms with Gasteiger partial charge in [-0.1, -0.05) is 0 Å². The normalized spacial score (nSPS) is 19.3. The smallest absolute Gasteiger partial charge is 0.238 e. The Morgan fingerprint density at radius 2 is 2.25 bits per heavy atom. The van der Waals surface area contributed by atoms with Crippen molar-refractivity contribution in [2.75, 3.05) is 19.3 Å². The van der Waals surface area contributed by atoms with Crippen molar-refractivity contribution < 1.29 is 13.2 Å². The van der Waals surface area contributed by atoms with Crippen LogP contribution < -0.4 is 4.72 Å². The van der Waals surface area contributed by atoms with Crippen LogP contribution in [0.25, 0.3) is 0 Å². The topological polar surface area (TPSA) is 92.3 Å². The van der Waals surface area contributed by atoms with Crippen LogP contribution in [-0.2, 0) is 14.8 Å². The number of rotatable bonds is 4. The quantitative estimate of drug-likeness (QED) is 0.844. The predicted octanol–water partition coefficient (Wildman–Crippen LogP) is -0.00228. The summed E-state index contributed by atoms with van der Waals surface area (Å²) in [5.41, 5.74) is 1.56. The zero-order valence-corrected chi connectivity index (χ0v) is 12.4. The third-order valence-electron chi connectivity index (χ3n) is 3.17. The summed E-state index contributed by atoms with van der Waals surface area (Å²) in [6.07, 6.45) is 6.06. The Bertz CT molecular complexity index is 602. The van der Waals surface area contributed by atoms with Gasteiger partial charge in [0.2, 0.25) is 15.9 Å². The van der Waals surface area contributed by atoms with Crippen LogP contribution in [-0.4, -0.2) is 48.5 Å². The van der Waals surface area contributed by atoms with Crippen LogP contribution >= 0.6 is 0 Å². The standard InChI is InChI=1S/C12H18N4O3S/c1-9-6-13-7-10(15-9)11-4-3-5-16(11)12(17)8-14-20(2,18)19/h6-7,11,14H,3-5,8H2,1-2H3/t11-/m0/s1. The van der Waals surface area contributed by atoms with E-state index in [-0.39, 0.29) is 18.5 Å². The van der Waals surface area contributed by atoms with Crippen LogP contribution in [0.15, 0.2) is 12.4 Å². The van der Waals surface area contributed by atoms with E-state index in [0.717, 1.165) is 30.5 Å². The molecule has 1 aliphatic rings. The Kier molecular flexibility index (Phi) is 4.34. The van der Waals surface area contributed by atoms with E-state index in [0.29, 0.717) is 6.54 Å². The van der Waals surface area contributed by atoms with Crippen molar-refractivity contribution in [1.29, 1.82) is 0 Å². The van der Waals surface area contributed by atoms with E-state index < -0.39 is 10.0 Å². The summed E-state index contributed by atoms with van der Waals surface area (Å²) in [5.74, 6) is -0.235. The molecule has 1 fully saturated rings. The van der Waals surface area contributed by atoms with Gasteiger partial charge in [0.05, 0.1) is 36.4 Å². The molecule has 0 aromatic carbocycles. The molecule has 2 heterocycles. The molecule has 1 aliphatic heterocycles. The Labute approximate surface area is 118 Å². The summed E-state index contributed by atoms with van der Waals surface area (Å²) in [6.45, 7) is 2.25. The second-order valence-corrected chi connectivity index (χ2v) is 6.76. The highest BCUT2D eigenvalue weighted by molar-refractivity contribution is 7.88. The predicted molar refractivity (Wildman–Crippen MR) is 73.3 cm³/mol. The van der Waals surface area contributed by atoms with Gasteiger partial charge in [0.25, 0.3) is 0 Å². The second-order valence-electron chi connectivity index (χ2n) is 4.92. The largest absolute Gasteiger partial charge is 0.333 e.